The van der Waals surface area contributed by atoms with Gasteiger partial charge in [0.25, 0.3) is 0 Å². The van der Waals surface area contributed by atoms with E-state index < -0.39 is 0 Å². The van der Waals surface area contributed by atoms with Gasteiger partial charge in [0.05, 0.1) is 17.6 Å². The average molecular weight is 200 g/mol. The molecule has 1 aliphatic heterocycles. The summed E-state index contributed by atoms with van der Waals surface area (Å²) in [5.41, 5.74) is 2.26. The van der Waals surface area contributed by atoms with Crippen LogP contribution in [0.25, 0.3) is 0 Å². The minimum absolute atomic E-state index is 1.09. The predicted octanol–water partition coefficient (Wildman–Crippen LogP) is 3.29. The SMILES string of the molecule is c1ccc2c(c1)Nc1cnccc1S2. The fourth-order valence-electron chi connectivity index (χ4n) is 1.49. The van der Waals surface area contributed by atoms with E-state index in [1.807, 2.05) is 24.5 Å². The van der Waals surface area contributed by atoms with Crippen molar-refractivity contribution in [3.05, 3.63) is 42.7 Å². The molecule has 14 heavy (non-hydrogen) atoms. The van der Waals surface area contributed by atoms with Crippen molar-refractivity contribution in [1.29, 1.82) is 0 Å². The molecule has 1 aromatic carbocycles. The molecule has 1 N–H and O–H groups in total. The average Bonchev–Trinajstić information content (AvgIpc) is 2.26. The van der Waals surface area contributed by atoms with E-state index in [1.54, 1.807) is 11.8 Å². The second-order valence-corrected chi connectivity index (χ2v) is 4.18. The van der Waals surface area contributed by atoms with Crippen molar-refractivity contribution in [3.8, 4) is 0 Å². The van der Waals surface area contributed by atoms with Gasteiger partial charge in [-0.25, -0.2) is 0 Å². The Morgan fingerprint density at radius 1 is 1.00 bits per heavy atom. The molecule has 0 aliphatic carbocycles. The molecule has 2 aromatic rings. The largest absolute Gasteiger partial charge is 0.352 e. The van der Waals surface area contributed by atoms with Gasteiger partial charge in [0.1, 0.15) is 0 Å². The minimum atomic E-state index is 1.09. The third-order valence-electron chi connectivity index (χ3n) is 2.16. The van der Waals surface area contributed by atoms with Crippen LogP contribution < -0.4 is 5.32 Å². The smallest absolute Gasteiger partial charge is 0.0712 e. The first kappa shape index (κ1) is 7.88. The van der Waals surface area contributed by atoms with Crippen LogP contribution in [-0.2, 0) is 0 Å². The molecule has 1 aliphatic rings. The number of nitrogens with zero attached hydrogens (tertiary/aromatic N) is 1. The zero-order valence-electron chi connectivity index (χ0n) is 7.40. The quantitative estimate of drug-likeness (QED) is 0.602. The van der Waals surface area contributed by atoms with Gasteiger partial charge in [0, 0.05) is 16.0 Å². The Bertz CT molecular complexity index is 395. The van der Waals surface area contributed by atoms with E-state index in [4.69, 9.17) is 0 Å². The van der Waals surface area contributed by atoms with Crippen molar-refractivity contribution in [3.63, 3.8) is 0 Å². The number of pyridine rings is 1. The zero-order chi connectivity index (χ0) is 9.38. The van der Waals surface area contributed by atoms with Crippen LogP contribution >= 0.6 is 11.8 Å². The first-order valence-electron chi connectivity index (χ1n) is 4.41. The van der Waals surface area contributed by atoms with Crippen LogP contribution in [0.15, 0.2) is 52.5 Å². The highest BCUT2D eigenvalue weighted by Gasteiger charge is 2.13. The van der Waals surface area contributed by atoms with E-state index in [2.05, 4.69) is 28.5 Å². The molecule has 3 rings (SSSR count). The molecule has 2 nitrogen and oxygen atoms in total. The fraction of sp³-hybridized carbons (Fsp3) is 0. The van der Waals surface area contributed by atoms with E-state index in [1.165, 1.54) is 9.79 Å². The Balaban J connectivity index is 2.12. The Kier molecular flexibility index (Phi) is 1.70. The number of nitrogens with one attached hydrogen (secondary N) is 1. The second-order valence-electron chi connectivity index (χ2n) is 3.10. The van der Waals surface area contributed by atoms with Gasteiger partial charge in [-0.3, -0.25) is 4.98 Å². The lowest BCUT2D eigenvalue weighted by Gasteiger charge is -2.19. The monoisotopic (exact) mass is 200 g/mol. The maximum absolute atomic E-state index is 4.10. The summed E-state index contributed by atoms with van der Waals surface area (Å²) in [6.07, 6.45) is 3.68. The molecule has 3 heteroatoms. The summed E-state index contributed by atoms with van der Waals surface area (Å²) in [7, 11) is 0. The summed E-state index contributed by atoms with van der Waals surface area (Å²) in [4.78, 5) is 6.60. The fourth-order valence-corrected chi connectivity index (χ4v) is 2.44. The van der Waals surface area contributed by atoms with Crippen LogP contribution in [0.1, 0.15) is 0 Å². The van der Waals surface area contributed by atoms with Gasteiger partial charge in [-0.15, -0.1) is 0 Å². The molecule has 0 spiro atoms. The molecule has 0 bridgehead atoms. The van der Waals surface area contributed by atoms with E-state index >= 15 is 0 Å². The van der Waals surface area contributed by atoms with Crippen molar-refractivity contribution < 1.29 is 0 Å². The molecule has 0 atom stereocenters. The third-order valence-corrected chi connectivity index (χ3v) is 3.31. The molecule has 0 amide bonds. The number of hydrogen-bond acceptors (Lipinski definition) is 3. The summed E-state index contributed by atoms with van der Waals surface area (Å²) in [6.45, 7) is 0. The maximum atomic E-state index is 4.10. The van der Waals surface area contributed by atoms with Crippen molar-refractivity contribution in [2.75, 3.05) is 5.32 Å². The number of aromatic nitrogens is 1. The van der Waals surface area contributed by atoms with Gasteiger partial charge in [-0.05, 0) is 18.2 Å². The van der Waals surface area contributed by atoms with Crippen LogP contribution in [0.5, 0.6) is 0 Å². The van der Waals surface area contributed by atoms with Gasteiger partial charge in [0.2, 0.25) is 0 Å². The van der Waals surface area contributed by atoms with E-state index in [0.29, 0.717) is 0 Å². The number of fused-ring (bicyclic) bond motifs is 2. The first-order chi connectivity index (χ1) is 6.93. The standard InChI is InChI=1S/C11H8N2S/c1-2-4-10-8(3-1)13-9-7-12-6-5-11(9)14-10/h1-7,13H. The minimum Gasteiger partial charge on any atom is -0.352 e. The Hall–Kier alpha value is -1.48. The van der Waals surface area contributed by atoms with Crippen molar-refractivity contribution in [2.45, 2.75) is 9.79 Å². The van der Waals surface area contributed by atoms with Crippen LogP contribution in [0.3, 0.4) is 0 Å². The van der Waals surface area contributed by atoms with Gasteiger partial charge < -0.3 is 5.32 Å². The van der Waals surface area contributed by atoms with Crippen molar-refractivity contribution >= 4 is 23.1 Å². The van der Waals surface area contributed by atoms with Crippen LogP contribution in [0.4, 0.5) is 11.4 Å². The van der Waals surface area contributed by atoms with Gasteiger partial charge >= 0.3 is 0 Å². The summed E-state index contributed by atoms with van der Waals surface area (Å²) in [5, 5.41) is 3.36. The Morgan fingerprint density at radius 2 is 1.86 bits per heavy atom. The number of para-hydroxylation sites is 1. The molecule has 1 aromatic heterocycles. The summed E-state index contributed by atoms with van der Waals surface area (Å²) in [6, 6.07) is 10.3. The van der Waals surface area contributed by atoms with Gasteiger partial charge in [0.15, 0.2) is 0 Å². The number of rotatable bonds is 0. The summed E-state index contributed by atoms with van der Waals surface area (Å²) in [5.74, 6) is 0. The molecule has 0 unspecified atom stereocenters. The Labute approximate surface area is 86.4 Å². The number of hydrogen-bond donors (Lipinski definition) is 1. The molecule has 0 radical (unpaired) electrons. The molecule has 2 heterocycles. The lowest BCUT2D eigenvalue weighted by atomic mass is 10.3. The van der Waals surface area contributed by atoms with Crippen molar-refractivity contribution in [1.82, 2.24) is 4.98 Å². The van der Waals surface area contributed by atoms with Gasteiger partial charge in [-0.2, -0.15) is 0 Å². The number of benzene rings is 1. The zero-order valence-corrected chi connectivity index (χ0v) is 8.21. The highest BCUT2D eigenvalue weighted by molar-refractivity contribution is 7.99. The van der Waals surface area contributed by atoms with E-state index in [0.717, 1.165) is 11.4 Å². The lowest BCUT2D eigenvalue weighted by molar-refractivity contribution is 1.23. The summed E-state index contributed by atoms with van der Waals surface area (Å²) < 4.78 is 0. The summed E-state index contributed by atoms with van der Waals surface area (Å²) >= 11 is 1.78. The van der Waals surface area contributed by atoms with Crippen molar-refractivity contribution in [2.24, 2.45) is 0 Å². The maximum Gasteiger partial charge on any atom is 0.0712 e. The molecule has 0 saturated carbocycles. The van der Waals surface area contributed by atoms with E-state index in [9.17, 15) is 0 Å². The second kappa shape index (κ2) is 3.03. The lowest BCUT2D eigenvalue weighted by Crippen LogP contribution is -1.99. The third kappa shape index (κ3) is 1.17. The molecular formula is C11H8N2S. The predicted molar refractivity (Wildman–Crippen MR) is 58.1 cm³/mol. The molecular weight excluding hydrogens is 192 g/mol. The molecule has 68 valence electrons. The number of anilines is 2. The molecule has 0 saturated heterocycles. The Morgan fingerprint density at radius 3 is 2.86 bits per heavy atom. The highest BCUT2D eigenvalue weighted by Crippen LogP contribution is 2.42. The van der Waals surface area contributed by atoms with E-state index in [-0.39, 0.29) is 0 Å². The topological polar surface area (TPSA) is 24.9 Å². The first-order valence-corrected chi connectivity index (χ1v) is 5.23. The normalized spacial score (nSPS) is 12.6. The van der Waals surface area contributed by atoms with Crippen LogP contribution in [0, 0.1) is 0 Å². The molecule has 0 fully saturated rings. The van der Waals surface area contributed by atoms with Crippen LogP contribution in [-0.4, -0.2) is 4.98 Å². The van der Waals surface area contributed by atoms with Crippen LogP contribution in [0.2, 0.25) is 0 Å². The van der Waals surface area contributed by atoms with Gasteiger partial charge in [-0.1, -0.05) is 23.9 Å². The highest BCUT2D eigenvalue weighted by atomic mass is 32.2.